The van der Waals surface area contributed by atoms with Crippen molar-refractivity contribution in [3.8, 4) is 0 Å². The highest BCUT2D eigenvalue weighted by atomic mass is 16.7. The van der Waals surface area contributed by atoms with Crippen LogP contribution in [0.5, 0.6) is 0 Å². The summed E-state index contributed by atoms with van der Waals surface area (Å²) in [6, 6.07) is 3.79. The number of amides is 8. The van der Waals surface area contributed by atoms with E-state index >= 15 is 0 Å². The van der Waals surface area contributed by atoms with E-state index in [-0.39, 0.29) is 92.5 Å². The van der Waals surface area contributed by atoms with Gasteiger partial charge in [0.1, 0.15) is 12.1 Å². The maximum Gasteiger partial charge on any atom is 0.407 e. The minimum absolute atomic E-state index is 0.0176. The standard InChI is InChI=1S/C54H73N7O13/c1-6-11-45-73-41-27-37-36-19-16-33-26-35(62)22-23-52(33,4)46(36)39(63)28-53(37,5)54(41,74-45)40(64)30-72-51(71)57-29-32-14-17-34(18-15-32)58-48(68)38(12-10-24-56-50(55)70)59-49(69)47(31(2)3)60-42(65)13-8-7-9-25-61-43(66)20-21-44(61)67/h14-15,17-18,20-23,26,31,36-39,41,45-47,63H,6-13,16,19,24-25,27-30H2,1-5H3,(H,57,71)(H,58,68)(H,59,69)(H,60,65)(H3,55,56,70)/t36-,37?,38-,39-,41+,45?,46+,47-,52-,53-,54+/m0/s1. The Morgan fingerprint density at radius 3 is 2.35 bits per heavy atom. The zero-order chi connectivity index (χ0) is 53.5. The smallest absolute Gasteiger partial charge is 0.407 e. The monoisotopic (exact) mass is 1030 g/mol. The number of alkyl carbamates (subject to hydrolysis) is 1. The van der Waals surface area contributed by atoms with Crippen LogP contribution in [-0.2, 0) is 54.3 Å². The largest absolute Gasteiger partial charge is 0.441 e. The summed E-state index contributed by atoms with van der Waals surface area (Å²) in [5, 5.41) is 25.5. The highest BCUT2D eigenvalue weighted by molar-refractivity contribution is 6.12. The fourth-order valence-corrected chi connectivity index (χ4v) is 12.6. The fraction of sp³-hybridized carbons (Fsp3) is 0.611. The fourth-order valence-electron chi connectivity index (χ4n) is 12.6. The van der Waals surface area contributed by atoms with Crippen molar-refractivity contribution in [3.05, 3.63) is 65.8 Å². The number of nitrogens with one attached hydrogen (secondary N) is 5. The van der Waals surface area contributed by atoms with Crippen molar-refractivity contribution < 1.29 is 62.5 Å². The molecule has 2 unspecified atom stereocenters. The van der Waals surface area contributed by atoms with Crippen LogP contribution in [0, 0.1) is 34.5 Å². The first-order chi connectivity index (χ1) is 35.2. The van der Waals surface area contributed by atoms with E-state index in [9.17, 15) is 48.3 Å². The Labute approximate surface area is 431 Å². The molecule has 0 bridgehead atoms. The summed E-state index contributed by atoms with van der Waals surface area (Å²) in [5.41, 5.74) is 4.50. The molecule has 2 heterocycles. The Balaban J connectivity index is 0.914. The Bertz CT molecular complexity index is 2420. The molecule has 3 saturated carbocycles. The van der Waals surface area contributed by atoms with Gasteiger partial charge < -0.3 is 51.6 Å². The third kappa shape index (κ3) is 11.8. The van der Waals surface area contributed by atoms with Gasteiger partial charge in [-0.15, -0.1) is 0 Å². The maximum absolute atomic E-state index is 14.6. The molecule has 7 rings (SSSR count). The third-order valence-electron chi connectivity index (χ3n) is 16.3. The second-order valence-electron chi connectivity index (χ2n) is 21.4. The maximum atomic E-state index is 14.6. The van der Waals surface area contributed by atoms with Gasteiger partial charge in [-0.25, -0.2) is 9.59 Å². The van der Waals surface area contributed by atoms with Crippen molar-refractivity contribution in [2.24, 2.45) is 40.2 Å². The van der Waals surface area contributed by atoms with Crippen LogP contribution in [0.3, 0.4) is 0 Å². The third-order valence-corrected chi connectivity index (χ3v) is 16.3. The van der Waals surface area contributed by atoms with Crippen molar-refractivity contribution >= 4 is 58.9 Å². The molecule has 0 aromatic heterocycles. The second kappa shape index (κ2) is 23.5. The van der Waals surface area contributed by atoms with E-state index in [1.807, 2.05) is 19.9 Å². The first kappa shape index (κ1) is 55.5. The lowest BCUT2D eigenvalue weighted by Gasteiger charge is -2.59. The Morgan fingerprint density at radius 1 is 0.932 bits per heavy atom. The summed E-state index contributed by atoms with van der Waals surface area (Å²) in [7, 11) is 0. The van der Waals surface area contributed by atoms with Gasteiger partial charge in [-0.1, -0.05) is 71.2 Å². The predicted octanol–water partition coefficient (Wildman–Crippen LogP) is 4.15. The molecule has 2 aliphatic heterocycles. The number of nitrogens with zero attached hydrogens (tertiary/aromatic N) is 1. The summed E-state index contributed by atoms with van der Waals surface area (Å²) >= 11 is 0. The number of fused-ring (bicyclic) bond motifs is 7. The van der Waals surface area contributed by atoms with Gasteiger partial charge in [0.2, 0.25) is 23.5 Å². The van der Waals surface area contributed by atoms with Crippen LogP contribution in [0.25, 0.3) is 0 Å². The molecule has 4 fully saturated rings. The summed E-state index contributed by atoms with van der Waals surface area (Å²) in [6.07, 6.45) is 10.5. The number of rotatable bonds is 23. The molecule has 8 amide bonds. The zero-order valence-corrected chi connectivity index (χ0v) is 43.1. The van der Waals surface area contributed by atoms with Crippen molar-refractivity contribution in [2.45, 2.75) is 154 Å². The van der Waals surface area contributed by atoms with Crippen LogP contribution >= 0.6 is 0 Å². The number of Topliss-reactive ketones (excluding diaryl/α,β-unsaturated/α-hetero) is 1. The molecule has 402 valence electrons. The molecule has 1 aromatic rings. The van der Waals surface area contributed by atoms with Gasteiger partial charge in [-0.3, -0.25) is 38.5 Å². The van der Waals surface area contributed by atoms with Gasteiger partial charge in [0, 0.05) is 60.6 Å². The molecular weight excluding hydrogens is 955 g/mol. The summed E-state index contributed by atoms with van der Waals surface area (Å²) < 4.78 is 18.7. The van der Waals surface area contributed by atoms with Crippen LogP contribution in [0.15, 0.2) is 60.2 Å². The van der Waals surface area contributed by atoms with Crippen LogP contribution in [0.2, 0.25) is 0 Å². The van der Waals surface area contributed by atoms with E-state index in [0.29, 0.717) is 49.8 Å². The van der Waals surface area contributed by atoms with E-state index in [1.165, 1.54) is 12.2 Å². The number of benzene rings is 1. The van der Waals surface area contributed by atoms with E-state index in [1.54, 1.807) is 50.3 Å². The molecule has 0 spiro atoms. The average Bonchev–Trinajstić information content (AvgIpc) is 3.97. The molecule has 20 nitrogen and oxygen atoms in total. The number of unbranched alkanes of at least 4 members (excludes halogenated alkanes) is 2. The molecule has 0 radical (unpaired) electrons. The number of primary amides is 1. The first-order valence-electron chi connectivity index (χ1n) is 26.2. The molecular formula is C54H73N7O13. The summed E-state index contributed by atoms with van der Waals surface area (Å²) in [6.45, 7) is 9.46. The highest BCUT2D eigenvalue weighted by Crippen LogP contribution is 2.69. The number of ketones is 2. The summed E-state index contributed by atoms with van der Waals surface area (Å²) in [5.74, 6) is -3.20. The Hall–Kier alpha value is -6.25. The molecule has 11 atom stereocenters. The average molecular weight is 1030 g/mol. The number of aliphatic hydroxyl groups excluding tert-OH is 1. The van der Waals surface area contributed by atoms with Crippen LogP contribution in [0.1, 0.15) is 117 Å². The zero-order valence-electron chi connectivity index (χ0n) is 43.1. The van der Waals surface area contributed by atoms with Gasteiger partial charge in [-0.2, -0.15) is 0 Å². The number of urea groups is 1. The Kier molecular flexibility index (Phi) is 17.6. The lowest BCUT2D eigenvalue weighted by Crippen LogP contribution is -2.63. The first-order valence-corrected chi connectivity index (χ1v) is 26.2. The van der Waals surface area contributed by atoms with Crippen molar-refractivity contribution in [2.75, 3.05) is 25.0 Å². The molecule has 20 heteroatoms. The van der Waals surface area contributed by atoms with Crippen LogP contribution in [0.4, 0.5) is 15.3 Å². The SMILES string of the molecule is CCCC1O[C@@H]2CC3[C@@H]4CCC5=CC(=O)C=C[C@]5(C)[C@H]4[C@@H](O)C[C@]3(C)[C@]2(C(=O)COC(=O)NCc2ccc(NC(=O)[C@H](CCCNC(N)=O)NC(=O)[C@@H](NC(=O)CCCCCN3C(=O)C=CC3=O)C(C)C)cc2)O1. The number of imide groups is 1. The number of ether oxygens (including phenoxy) is 3. The minimum atomic E-state index is -1.45. The number of carbonyl (C=O) groups is 9. The molecule has 1 saturated heterocycles. The molecule has 6 aliphatic rings. The Morgan fingerprint density at radius 2 is 1.66 bits per heavy atom. The van der Waals surface area contributed by atoms with E-state index < -0.39 is 83.3 Å². The van der Waals surface area contributed by atoms with Crippen molar-refractivity contribution in [1.29, 1.82) is 0 Å². The van der Waals surface area contributed by atoms with E-state index in [4.69, 9.17) is 19.9 Å². The highest BCUT2D eigenvalue weighted by Gasteiger charge is 2.76. The number of hydrogen-bond donors (Lipinski definition) is 7. The van der Waals surface area contributed by atoms with E-state index in [2.05, 4.69) is 33.5 Å². The van der Waals surface area contributed by atoms with Gasteiger partial charge >= 0.3 is 12.1 Å². The number of carbonyl (C=O) groups excluding carboxylic acids is 9. The number of anilines is 1. The quantitative estimate of drug-likeness (QED) is 0.0600. The molecule has 8 N–H and O–H groups in total. The van der Waals surface area contributed by atoms with Gasteiger partial charge in [0.25, 0.3) is 11.8 Å². The van der Waals surface area contributed by atoms with Crippen LogP contribution < -0.4 is 32.3 Å². The van der Waals surface area contributed by atoms with Crippen molar-refractivity contribution in [1.82, 2.24) is 26.2 Å². The number of allylic oxidation sites excluding steroid dienone is 4. The van der Waals surface area contributed by atoms with Gasteiger partial charge in [-0.05, 0) is 105 Å². The lowest BCUT2D eigenvalue weighted by atomic mass is 9.46. The van der Waals surface area contributed by atoms with E-state index in [0.717, 1.165) is 23.3 Å². The lowest BCUT2D eigenvalue weighted by molar-refractivity contribution is -0.200. The van der Waals surface area contributed by atoms with Crippen molar-refractivity contribution in [3.63, 3.8) is 0 Å². The molecule has 1 aromatic carbocycles. The topological polar surface area (TPSA) is 291 Å². The molecule has 4 aliphatic carbocycles. The van der Waals surface area contributed by atoms with Gasteiger partial charge in [0.15, 0.2) is 24.3 Å². The number of aliphatic hydroxyl groups is 1. The number of hydrogen-bond acceptors (Lipinski definition) is 13. The predicted molar refractivity (Wildman–Crippen MR) is 269 cm³/mol. The van der Waals surface area contributed by atoms with Gasteiger partial charge in [0.05, 0.1) is 12.2 Å². The molecule has 74 heavy (non-hydrogen) atoms. The normalized spacial score (nSPS) is 29.3. The number of nitrogens with two attached hydrogens (primary N) is 1. The summed E-state index contributed by atoms with van der Waals surface area (Å²) in [4.78, 5) is 116. The van der Waals surface area contributed by atoms with Crippen LogP contribution in [-0.4, -0.2) is 119 Å². The minimum Gasteiger partial charge on any atom is -0.441 e. The second-order valence-corrected chi connectivity index (χ2v) is 21.4.